The molecule has 0 amide bonds. The average molecular weight is 490 g/mol. The van der Waals surface area contributed by atoms with Gasteiger partial charge in [0.05, 0.1) is 0 Å². The summed E-state index contributed by atoms with van der Waals surface area (Å²) >= 11 is 0. The minimum absolute atomic E-state index is 0.134. The second kappa shape index (κ2) is 7.88. The Morgan fingerprint density at radius 1 is 0.743 bits per heavy atom. The summed E-state index contributed by atoms with van der Waals surface area (Å²) in [5, 5.41) is 38.6. The minimum Gasteiger partial charge on any atom is -0.478 e. The van der Waals surface area contributed by atoms with Crippen molar-refractivity contribution in [2.75, 3.05) is 0 Å². The quantitative estimate of drug-likeness (QED) is 0.314. The maximum Gasteiger partial charge on any atom is 0.390 e. The zero-order chi connectivity index (χ0) is 24.7. The number of nitrogens with zero attached hydrogens (tertiary/aromatic N) is 7. The van der Waals surface area contributed by atoms with Crippen LogP contribution in [0.15, 0.2) is 66.3 Å². The van der Waals surface area contributed by atoms with E-state index in [1.165, 1.54) is 0 Å². The van der Waals surface area contributed by atoms with Crippen LogP contribution >= 0.6 is 0 Å². The summed E-state index contributed by atoms with van der Waals surface area (Å²) in [7, 11) is 0. The van der Waals surface area contributed by atoms with Crippen molar-refractivity contribution in [3.05, 3.63) is 50.4 Å². The second-order valence-corrected chi connectivity index (χ2v) is 6.15. The number of nitrogens with one attached hydrogen (secondary N) is 1. The first-order valence-corrected chi connectivity index (χ1v) is 8.81. The lowest BCUT2D eigenvalue weighted by molar-refractivity contribution is -0.134. The van der Waals surface area contributed by atoms with Crippen LogP contribution in [-0.2, 0) is 0 Å². The first-order chi connectivity index (χ1) is 16.8. The number of carbonyl (C=O) groups excluding carboxylic acids is 2. The SMILES string of the molecule is O=C(On1oc(O)c2cc(c(=O)o1)N=N2)c1cc(C(=O)On2oc(O)c3cc(c(=O)o2)N=N3)[nH]n1. The molecule has 0 atom stereocenters. The van der Waals surface area contributed by atoms with Gasteiger partial charge in [-0.15, -0.1) is 20.5 Å². The summed E-state index contributed by atoms with van der Waals surface area (Å²) in [6.07, 6.45) is 0. The van der Waals surface area contributed by atoms with Crippen LogP contribution in [0.5, 0.6) is 11.9 Å². The van der Waals surface area contributed by atoms with Crippen LogP contribution < -0.4 is 20.9 Å². The summed E-state index contributed by atoms with van der Waals surface area (Å²) in [5.74, 6) is -4.49. The molecule has 3 aromatic heterocycles. The molecule has 20 heteroatoms. The Hall–Kier alpha value is -5.95. The Morgan fingerprint density at radius 2 is 1.23 bits per heavy atom. The van der Waals surface area contributed by atoms with Crippen molar-refractivity contribution in [2.45, 2.75) is 0 Å². The van der Waals surface area contributed by atoms with Gasteiger partial charge in [-0.2, -0.15) is 5.10 Å². The van der Waals surface area contributed by atoms with Crippen molar-refractivity contribution in [3.63, 3.8) is 0 Å². The normalized spacial score (nSPS) is 11.9. The number of azo groups is 2. The standard InChI is InChI=1S/C15H6N8O12/c24-10-4-1-5(17-16-4)11(25)31-22(30-10)34-14(28)8-3-9(21-20-8)15(29)35-23-32-12(26)6-2-7(19-18-6)13(27)33-23/h1-3,24,26H,(H,20,21). The molecule has 0 aliphatic carbocycles. The third-order valence-corrected chi connectivity index (χ3v) is 3.89. The third-order valence-electron chi connectivity index (χ3n) is 3.89. The van der Waals surface area contributed by atoms with Gasteiger partial charge in [0, 0.05) is 18.2 Å². The lowest BCUT2D eigenvalue weighted by Gasteiger charge is -2.00. The fourth-order valence-electron chi connectivity index (χ4n) is 2.34. The van der Waals surface area contributed by atoms with E-state index in [2.05, 4.69) is 58.4 Å². The molecule has 0 unspecified atom stereocenters. The molecular weight excluding hydrogens is 484 g/mol. The van der Waals surface area contributed by atoms with Crippen molar-refractivity contribution in [1.29, 1.82) is 0 Å². The predicted octanol–water partition coefficient (Wildman–Crippen LogP) is 0.761. The number of fused-ring (bicyclic) bond motifs is 4. The van der Waals surface area contributed by atoms with Gasteiger partial charge in [0.2, 0.25) is 0 Å². The van der Waals surface area contributed by atoms with Gasteiger partial charge in [0.15, 0.2) is 38.6 Å². The van der Waals surface area contributed by atoms with E-state index in [0.717, 1.165) is 18.2 Å². The number of carbonyl (C=O) groups is 2. The van der Waals surface area contributed by atoms with Crippen LogP contribution in [-0.4, -0.2) is 42.5 Å². The van der Waals surface area contributed by atoms with Crippen LogP contribution in [0.1, 0.15) is 21.0 Å². The fourth-order valence-corrected chi connectivity index (χ4v) is 2.34. The summed E-state index contributed by atoms with van der Waals surface area (Å²) in [4.78, 5) is 57.5. The van der Waals surface area contributed by atoms with Gasteiger partial charge in [-0.05, 0) is 0 Å². The number of aromatic hydroxyl groups is 2. The predicted molar refractivity (Wildman–Crippen MR) is 97.8 cm³/mol. The molecule has 3 aromatic rings. The maximum absolute atomic E-state index is 12.3. The third kappa shape index (κ3) is 3.99. The number of rotatable bonds is 4. The molecule has 178 valence electrons. The number of aromatic amines is 1. The topological polar surface area (TPSA) is 268 Å². The average Bonchev–Trinajstić information content (AvgIpc) is 3.58. The van der Waals surface area contributed by atoms with Gasteiger partial charge < -0.3 is 10.2 Å². The van der Waals surface area contributed by atoms with Crippen molar-refractivity contribution in [2.24, 2.45) is 20.5 Å². The van der Waals surface area contributed by atoms with E-state index >= 15 is 0 Å². The number of hydrogen-bond acceptors (Lipinski definition) is 17. The van der Waals surface area contributed by atoms with Crippen molar-refractivity contribution < 1.29 is 47.6 Å². The van der Waals surface area contributed by atoms with Gasteiger partial charge >= 0.3 is 35.1 Å². The zero-order valence-corrected chi connectivity index (χ0v) is 16.3. The molecule has 5 heterocycles. The Balaban J connectivity index is 1.36. The summed E-state index contributed by atoms with van der Waals surface area (Å²) < 4.78 is 18.4. The molecule has 0 saturated carbocycles. The Morgan fingerprint density at radius 3 is 1.77 bits per heavy atom. The molecule has 35 heavy (non-hydrogen) atoms. The van der Waals surface area contributed by atoms with Crippen LogP contribution in [0.4, 0.5) is 22.7 Å². The lowest BCUT2D eigenvalue weighted by Crippen LogP contribution is -2.22. The van der Waals surface area contributed by atoms with Crippen LogP contribution in [0.3, 0.4) is 0 Å². The molecule has 3 N–H and O–H groups in total. The highest BCUT2D eigenvalue weighted by Crippen LogP contribution is 2.32. The zero-order valence-electron chi connectivity index (χ0n) is 16.3. The molecular formula is C15H6N8O12. The highest BCUT2D eigenvalue weighted by Gasteiger charge is 2.22. The number of hydrogen-bond donors (Lipinski definition) is 3. The molecule has 0 radical (unpaired) electrons. The highest BCUT2D eigenvalue weighted by atomic mass is 17.0. The number of H-pyrrole nitrogens is 1. The fraction of sp³-hybridized carbons (Fsp3) is 0. The van der Waals surface area contributed by atoms with E-state index in [-0.39, 0.29) is 32.9 Å². The van der Waals surface area contributed by atoms with Gasteiger partial charge in [-0.25, -0.2) is 19.2 Å². The van der Waals surface area contributed by atoms with E-state index in [1.54, 1.807) is 0 Å². The molecule has 0 aromatic carbocycles. The molecule has 0 fully saturated rings. The van der Waals surface area contributed by atoms with Crippen LogP contribution in [0.2, 0.25) is 0 Å². The summed E-state index contributed by atoms with van der Waals surface area (Å²) in [6, 6.07) is 2.92. The smallest absolute Gasteiger partial charge is 0.390 e. The van der Waals surface area contributed by atoms with Crippen molar-refractivity contribution >= 4 is 34.7 Å². The van der Waals surface area contributed by atoms with Gasteiger partial charge in [0.1, 0.15) is 5.69 Å². The van der Waals surface area contributed by atoms with E-state index < -0.39 is 46.5 Å². The van der Waals surface area contributed by atoms with Crippen LogP contribution in [0, 0.1) is 0 Å². The molecule has 0 saturated heterocycles. The maximum atomic E-state index is 12.3. The lowest BCUT2D eigenvalue weighted by atomic mass is 10.3. The van der Waals surface area contributed by atoms with Gasteiger partial charge in [0.25, 0.3) is 0 Å². The molecule has 5 rings (SSSR count). The first-order valence-electron chi connectivity index (χ1n) is 8.81. The van der Waals surface area contributed by atoms with E-state index in [1.807, 2.05) is 0 Å². The van der Waals surface area contributed by atoms with Gasteiger partial charge in [-0.3, -0.25) is 32.9 Å². The molecule has 20 nitrogen and oxygen atoms in total. The largest absolute Gasteiger partial charge is 0.478 e. The Kier molecular flexibility index (Phi) is 4.71. The van der Waals surface area contributed by atoms with Crippen LogP contribution in [0.25, 0.3) is 0 Å². The van der Waals surface area contributed by atoms with Gasteiger partial charge in [-0.1, -0.05) is 0 Å². The van der Waals surface area contributed by atoms with E-state index in [0.29, 0.717) is 0 Å². The molecule has 4 bridgehead atoms. The highest BCUT2D eigenvalue weighted by molar-refractivity contribution is 5.93. The molecule has 2 aliphatic heterocycles. The number of aromatic nitrogens is 4. The monoisotopic (exact) mass is 490 g/mol. The van der Waals surface area contributed by atoms with Crippen molar-refractivity contribution in [3.8, 4) is 11.9 Å². The molecule has 2 aliphatic rings. The summed E-state index contributed by atoms with van der Waals surface area (Å²) in [5.41, 5.74) is -4.47. The first kappa shape index (κ1) is 20.9. The van der Waals surface area contributed by atoms with E-state index in [4.69, 9.17) is 0 Å². The minimum atomic E-state index is -1.34. The van der Waals surface area contributed by atoms with Crippen molar-refractivity contribution in [1.82, 2.24) is 20.3 Å². The Bertz CT molecular complexity index is 1550. The molecule has 0 spiro atoms. The van der Waals surface area contributed by atoms with E-state index in [9.17, 15) is 29.4 Å². The Labute approximate surface area is 186 Å². The second-order valence-electron chi connectivity index (χ2n) is 6.15. The summed E-state index contributed by atoms with van der Waals surface area (Å²) in [6.45, 7) is 0.